The van der Waals surface area contributed by atoms with Crippen LogP contribution in [0.25, 0.3) is 0 Å². The van der Waals surface area contributed by atoms with Gasteiger partial charge in [0.1, 0.15) is 5.75 Å². The second-order valence-corrected chi connectivity index (χ2v) is 7.02. The Bertz CT molecular complexity index is 635. The summed E-state index contributed by atoms with van der Waals surface area (Å²) in [5, 5.41) is 0. The molecule has 3 rings (SSSR count). The molecule has 0 spiro atoms. The highest BCUT2D eigenvalue weighted by molar-refractivity contribution is 5.81. The van der Waals surface area contributed by atoms with E-state index in [9.17, 15) is 9.59 Å². The van der Waals surface area contributed by atoms with Gasteiger partial charge in [-0.2, -0.15) is 0 Å². The second-order valence-electron chi connectivity index (χ2n) is 7.02. The van der Waals surface area contributed by atoms with Crippen molar-refractivity contribution in [1.29, 1.82) is 0 Å². The van der Waals surface area contributed by atoms with Gasteiger partial charge < -0.3 is 14.4 Å². The van der Waals surface area contributed by atoms with Crippen molar-refractivity contribution in [3.63, 3.8) is 0 Å². The quantitative estimate of drug-likeness (QED) is 0.788. The third kappa shape index (κ3) is 4.14. The average molecular weight is 345 g/mol. The fourth-order valence-corrected chi connectivity index (χ4v) is 3.80. The van der Waals surface area contributed by atoms with Gasteiger partial charge in [-0.25, -0.2) is 0 Å². The molecule has 5 heteroatoms. The Morgan fingerprint density at radius 1 is 1.12 bits per heavy atom. The molecule has 25 heavy (non-hydrogen) atoms. The van der Waals surface area contributed by atoms with Gasteiger partial charge in [0.05, 0.1) is 13.0 Å². The summed E-state index contributed by atoms with van der Waals surface area (Å²) in [5.41, 5.74) is 2.75. The highest BCUT2D eigenvalue weighted by Crippen LogP contribution is 2.26. The Labute approximate surface area is 149 Å². The van der Waals surface area contributed by atoms with Gasteiger partial charge in [-0.05, 0) is 68.7 Å². The van der Waals surface area contributed by atoms with Crippen LogP contribution in [0.4, 0.5) is 0 Å². The van der Waals surface area contributed by atoms with Gasteiger partial charge in [-0.1, -0.05) is 6.07 Å². The largest absolute Gasteiger partial charge is 0.481 e. The molecule has 1 unspecified atom stereocenters. The highest BCUT2D eigenvalue weighted by Gasteiger charge is 2.30. The number of hydrogen-bond donors (Lipinski definition) is 0. The number of hydrogen-bond acceptors (Lipinski definition) is 4. The molecule has 1 heterocycles. The first kappa shape index (κ1) is 17.8. The van der Waals surface area contributed by atoms with E-state index in [1.807, 2.05) is 6.07 Å². The van der Waals surface area contributed by atoms with Crippen LogP contribution in [0.1, 0.15) is 43.7 Å². The van der Waals surface area contributed by atoms with E-state index in [1.165, 1.54) is 31.1 Å². The molecule has 2 aliphatic rings. The summed E-state index contributed by atoms with van der Waals surface area (Å²) < 4.78 is 10.7. The molecule has 0 radical (unpaired) electrons. The van der Waals surface area contributed by atoms with Gasteiger partial charge in [0.2, 0.25) is 0 Å². The van der Waals surface area contributed by atoms with Gasteiger partial charge in [0.15, 0.2) is 6.10 Å². The van der Waals surface area contributed by atoms with Crippen molar-refractivity contribution in [1.82, 2.24) is 4.90 Å². The van der Waals surface area contributed by atoms with Crippen molar-refractivity contribution in [3.05, 3.63) is 29.3 Å². The zero-order valence-corrected chi connectivity index (χ0v) is 15.1. The number of piperidine rings is 1. The van der Waals surface area contributed by atoms with E-state index < -0.39 is 6.10 Å². The van der Waals surface area contributed by atoms with Gasteiger partial charge >= 0.3 is 5.97 Å². The van der Waals surface area contributed by atoms with Crippen LogP contribution in [0.2, 0.25) is 0 Å². The molecular formula is C20H27NO4. The lowest BCUT2D eigenvalue weighted by Crippen LogP contribution is -2.45. The topological polar surface area (TPSA) is 55.8 Å². The molecule has 1 aliphatic carbocycles. The predicted octanol–water partition coefficient (Wildman–Crippen LogP) is 2.74. The van der Waals surface area contributed by atoms with Crippen LogP contribution in [-0.4, -0.2) is 43.1 Å². The summed E-state index contributed by atoms with van der Waals surface area (Å²) in [7, 11) is 1.41. The Morgan fingerprint density at radius 3 is 2.48 bits per heavy atom. The number of nitrogens with zero attached hydrogens (tertiary/aromatic N) is 1. The third-order valence-electron chi connectivity index (χ3n) is 5.32. The molecule has 0 saturated carbocycles. The lowest BCUT2D eigenvalue weighted by atomic mass is 9.92. The minimum absolute atomic E-state index is 0.0129. The molecule has 0 N–H and O–H groups in total. The Balaban J connectivity index is 1.55. The zero-order chi connectivity index (χ0) is 17.8. The third-order valence-corrected chi connectivity index (χ3v) is 5.32. The normalized spacial score (nSPS) is 19.0. The monoisotopic (exact) mass is 345 g/mol. The lowest BCUT2D eigenvalue weighted by Gasteiger charge is -2.32. The van der Waals surface area contributed by atoms with Crippen LogP contribution in [0.3, 0.4) is 0 Å². The Hall–Kier alpha value is -2.04. The molecule has 1 aliphatic heterocycles. The molecule has 0 aromatic heterocycles. The van der Waals surface area contributed by atoms with Crippen molar-refractivity contribution in [2.45, 2.75) is 51.6 Å². The van der Waals surface area contributed by atoms with Crippen LogP contribution in [0, 0.1) is 5.92 Å². The van der Waals surface area contributed by atoms with Crippen molar-refractivity contribution in [3.8, 4) is 5.75 Å². The van der Waals surface area contributed by atoms with E-state index in [2.05, 4.69) is 12.1 Å². The molecule has 5 nitrogen and oxygen atoms in total. The van der Waals surface area contributed by atoms with Gasteiger partial charge in [0, 0.05) is 13.1 Å². The first-order valence-corrected chi connectivity index (χ1v) is 9.23. The molecule has 1 fully saturated rings. The maximum Gasteiger partial charge on any atom is 0.308 e. The van der Waals surface area contributed by atoms with Crippen LogP contribution in [0.5, 0.6) is 5.75 Å². The number of likely N-dealkylation sites (tertiary alicyclic amines) is 1. The van der Waals surface area contributed by atoms with Crippen LogP contribution >= 0.6 is 0 Å². The maximum absolute atomic E-state index is 12.6. The molecule has 1 amide bonds. The fraction of sp³-hybridized carbons (Fsp3) is 0.600. The fourth-order valence-electron chi connectivity index (χ4n) is 3.80. The molecule has 136 valence electrons. The number of carbonyl (C=O) groups excluding carboxylic acids is 2. The SMILES string of the molecule is COC(=O)C1CCN(C(=O)C(C)Oc2ccc3c(c2)CCCC3)CC1. The number of methoxy groups -OCH3 is 1. The summed E-state index contributed by atoms with van der Waals surface area (Å²) in [6, 6.07) is 6.18. The molecule has 1 aromatic rings. The number of benzene rings is 1. The van der Waals surface area contributed by atoms with Gasteiger partial charge in [-0.15, -0.1) is 0 Å². The van der Waals surface area contributed by atoms with Crippen LogP contribution in [-0.2, 0) is 27.2 Å². The number of fused-ring (bicyclic) bond motifs is 1. The molecule has 0 bridgehead atoms. The summed E-state index contributed by atoms with van der Waals surface area (Å²) in [6.07, 6.45) is 5.50. The van der Waals surface area contributed by atoms with E-state index in [0.717, 1.165) is 18.6 Å². The molecule has 1 aromatic carbocycles. The van der Waals surface area contributed by atoms with E-state index in [-0.39, 0.29) is 17.8 Å². The van der Waals surface area contributed by atoms with E-state index in [0.29, 0.717) is 25.9 Å². The van der Waals surface area contributed by atoms with Gasteiger partial charge in [-0.3, -0.25) is 9.59 Å². The number of rotatable bonds is 4. The maximum atomic E-state index is 12.6. The highest BCUT2D eigenvalue weighted by atomic mass is 16.5. The predicted molar refractivity (Wildman–Crippen MR) is 94.5 cm³/mol. The van der Waals surface area contributed by atoms with Crippen molar-refractivity contribution in [2.75, 3.05) is 20.2 Å². The number of carbonyl (C=O) groups is 2. The smallest absolute Gasteiger partial charge is 0.308 e. The number of aryl methyl sites for hydroxylation is 2. The minimum atomic E-state index is -0.517. The molecule has 1 atom stereocenters. The first-order valence-electron chi connectivity index (χ1n) is 9.23. The Morgan fingerprint density at radius 2 is 1.80 bits per heavy atom. The van der Waals surface area contributed by atoms with E-state index in [4.69, 9.17) is 9.47 Å². The van der Waals surface area contributed by atoms with Crippen LogP contribution in [0.15, 0.2) is 18.2 Å². The van der Waals surface area contributed by atoms with Crippen molar-refractivity contribution in [2.24, 2.45) is 5.92 Å². The molecule has 1 saturated heterocycles. The minimum Gasteiger partial charge on any atom is -0.481 e. The second kappa shape index (κ2) is 7.89. The standard InChI is InChI=1S/C20H27NO4/c1-14(19(22)21-11-9-16(10-12-21)20(23)24-2)25-18-8-7-15-5-3-4-6-17(15)13-18/h7-8,13-14,16H,3-6,9-12H2,1-2H3. The average Bonchev–Trinajstić information content (AvgIpc) is 2.66. The summed E-state index contributed by atoms with van der Waals surface area (Å²) in [5.74, 6) is 0.489. The zero-order valence-electron chi connectivity index (χ0n) is 15.1. The summed E-state index contributed by atoms with van der Waals surface area (Å²) in [6.45, 7) is 2.96. The Kier molecular flexibility index (Phi) is 5.61. The number of amides is 1. The van der Waals surface area contributed by atoms with Crippen LogP contribution < -0.4 is 4.74 Å². The van der Waals surface area contributed by atoms with Crippen molar-refractivity contribution < 1.29 is 19.1 Å². The summed E-state index contributed by atoms with van der Waals surface area (Å²) in [4.78, 5) is 26.0. The van der Waals surface area contributed by atoms with E-state index >= 15 is 0 Å². The van der Waals surface area contributed by atoms with Gasteiger partial charge in [0.25, 0.3) is 5.91 Å². The number of ether oxygens (including phenoxy) is 2. The van der Waals surface area contributed by atoms with E-state index in [1.54, 1.807) is 11.8 Å². The molecular weight excluding hydrogens is 318 g/mol. The lowest BCUT2D eigenvalue weighted by molar-refractivity contribution is -0.150. The van der Waals surface area contributed by atoms with Crippen molar-refractivity contribution >= 4 is 11.9 Å². The summed E-state index contributed by atoms with van der Waals surface area (Å²) >= 11 is 0. The first-order chi connectivity index (χ1) is 12.1. The number of esters is 1.